The van der Waals surface area contributed by atoms with E-state index in [1.165, 1.54) is 12.5 Å². The van der Waals surface area contributed by atoms with Gasteiger partial charge in [-0.3, -0.25) is 9.59 Å². The number of halogens is 1. The van der Waals surface area contributed by atoms with Crippen molar-refractivity contribution >= 4 is 17.6 Å². The average molecular weight is 439 g/mol. The topological polar surface area (TPSA) is 65.5 Å². The number of anilines is 1. The molecule has 0 bridgehead atoms. The minimum Gasteiger partial charge on any atom is -0.356 e. The Labute approximate surface area is 188 Å². The summed E-state index contributed by atoms with van der Waals surface area (Å²) in [5.41, 5.74) is 2.01. The number of rotatable bonds is 5. The Bertz CT molecular complexity index is 966. The van der Waals surface area contributed by atoms with Gasteiger partial charge in [0.25, 0.3) is 5.91 Å². The number of benzene rings is 1. The molecule has 7 heteroatoms. The van der Waals surface area contributed by atoms with Crippen molar-refractivity contribution in [1.82, 2.24) is 15.2 Å². The largest absolute Gasteiger partial charge is 0.356 e. The number of hydrogen-bond donors (Lipinski definition) is 1. The third-order valence-corrected chi connectivity index (χ3v) is 6.53. The highest BCUT2D eigenvalue weighted by Crippen LogP contribution is 2.26. The lowest BCUT2D eigenvalue weighted by Crippen LogP contribution is -2.42. The van der Waals surface area contributed by atoms with Crippen LogP contribution in [-0.2, 0) is 11.3 Å². The number of aromatic nitrogens is 1. The first kappa shape index (κ1) is 22.2. The normalized spacial score (nSPS) is 17.3. The molecule has 4 rings (SSSR count). The first-order valence-corrected chi connectivity index (χ1v) is 11.5. The quantitative estimate of drug-likeness (QED) is 0.773. The van der Waals surface area contributed by atoms with E-state index in [-0.39, 0.29) is 23.5 Å². The third-order valence-electron chi connectivity index (χ3n) is 6.53. The van der Waals surface area contributed by atoms with Crippen LogP contribution in [0.15, 0.2) is 36.5 Å². The van der Waals surface area contributed by atoms with Crippen LogP contribution in [0.5, 0.6) is 0 Å². The molecule has 170 valence electrons. The molecule has 3 heterocycles. The van der Waals surface area contributed by atoms with Gasteiger partial charge in [0, 0.05) is 44.8 Å². The number of carbonyl (C=O) groups is 2. The molecule has 0 saturated carbocycles. The minimum absolute atomic E-state index is 0.00345. The van der Waals surface area contributed by atoms with Gasteiger partial charge in [-0.15, -0.1) is 0 Å². The number of aryl methyl sites for hydroxylation is 1. The number of piperidine rings is 2. The third kappa shape index (κ3) is 5.09. The molecule has 0 unspecified atom stereocenters. The first-order chi connectivity index (χ1) is 15.5. The summed E-state index contributed by atoms with van der Waals surface area (Å²) < 4.78 is 13.7. The van der Waals surface area contributed by atoms with Gasteiger partial charge >= 0.3 is 0 Å². The molecular formula is C25H31FN4O2. The SMILES string of the molecule is Cc1ccc(CNC(=O)C2CCN(c3ncccc3C(=O)N3CCCCC3)CC2)cc1F. The van der Waals surface area contributed by atoms with Gasteiger partial charge < -0.3 is 15.1 Å². The number of amides is 2. The fourth-order valence-corrected chi connectivity index (χ4v) is 4.52. The molecule has 2 amide bonds. The molecule has 2 saturated heterocycles. The van der Waals surface area contributed by atoms with E-state index in [4.69, 9.17) is 0 Å². The summed E-state index contributed by atoms with van der Waals surface area (Å²) in [6.07, 6.45) is 6.40. The van der Waals surface area contributed by atoms with E-state index in [0.717, 1.165) is 37.3 Å². The van der Waals surface area contributed by atoms with E-state index in [9.17, 15) is 14.0 Å². The van der Waals surface area contributed by atoms with Gasteiger partial charge in [-0.05, 0) is 68.4 Å². The summed E-state index contributed by atoms with van der Waals surface area (Å²) in [6.45, 7) is 5.01. The van der Waals surface area contributed by atoms with Crippen molar-refractivity contribution in [3.63, 3.8) is 0 Å². The maximum Gasteiger partial charge on any atom is 0.257 e. The van der Waals surface area contributed by atoms with Crippen LogP contribution in [0.1, 0.15) is 53.6 Å². The minimum atomic E-state index is -0.254. The molecule has 1 N–H and O–H groups in total. The van der Waals surface area contributed by atoms with E-state index in [2.05, 4.69) is 15.2 Å². The Kier molecular flexibility index (Phi) is 7.02. The van der Waals surface area contributed by atoms with Gasteiger partial charge in [0.2, 0.25) is 5.91 Å². The van der Waals surface area contributed by atoms with Crippen molar-refractivity contribution in [1.29, 1.82) is 0 Å². The predicted octanol–water partition coefficient (Wildman–Crippen LogP) is 3.69. The van der Waals surface area contributed by atoms with Gasteiger partial charge in [0.1, 0.15) is 11.6 Å². The Morgan fingerprint density at radius 1 is 1.09 bits per heavy atom. The van der Waals surface area contributed by atoms with Crippen LogP contribution in [0.2, 0.25) is 0 Å². The summed E-state index contributed by atoms with van der Waals surface area (Å²) in [5.74, 6) is 0.424. The van der Waals surface area contributed by atoms with Gasteiger partial charge in [-0.1, -0.05) is 12.1 Å². The Hall–Kier alpha value is -2.96. The van der Waals surface area contributed by atoms with Crippen molar-refractivity contribution < 1.29 is 14.0 Å². The number of likely N-dealkylation sites (tertiary alicyclic amines) is 1. The molecule has 6 nitrogen and oxygen atoms in total. The van der Waals surface area contributed by atoms with Crippen molar-refractivity contribution in [2.45, 2.75) is 45.6 Å². The maximum absolute atomic E-state index is 13.7. The molecule has 0 radical (unpaired) electrons. The molecule has 2 fully saturated rings. The predicted molar refractivity (Wildman–Crippen MR) is 122 cm³/mol. The zero-order valence-electron chi connectivity index (χ0n) is 18.6. The Balaban J connectivity index is 1.34. The van der Waals surface area contributed by atoms with Crippen LogP contribution in [0, 0.1) is 18.7 Å². The molecular weight excluding hydrogens is 407 g/mol. The molecule has 0 atom stereocenters. The van der Waals surface area contributed by atoms with Crippen LogP contribution in [0.25, 0.3) is 0 Å². The van der Waals surface area contributed by atoms with Gasteiger partial charge in [-0.25, -0.2) is 9.37 Å². The number of pyridine rings is 1. The standard InChI is InChI=1S/C25H31FN4O2/c1-18-7-8-19(16-22(18)26)17-28-24(31)20-9-14-29(15-10-20)23-21(6-5-11-27-23)25(32)30-12-3-2-4-13-30/h5-8,11,16,20H,2-4,9-10,12-15,17H2,1H3,(H,28,31). The number of nitrogens with zero attached hydrogens (tertiary/aromatic N) is 3. The highest BCUT2D eigenvalue weighted by molar-refractivity contribution is 5.99. The molecule has 2 aliphatic rings. The molecule has 0 spiro atoms. The number of hydrogen-bond acceptors (Lipinski definition) is 4. The monoisotopic (exact) mass is 438 g/mol. The van der Waals surface area contributed by atoms with Crippen LogP contribution >= 0.6 is 0 Å². The van der Waals surface area contributed by atoms with E-state index >= 15 is 0 Å². The highest BCUT2D eigenvalue weighted by Gasteiger charge is 2.29. The fourth-order valence-electron chi connectivity index (χ4n) is 4.52. The maximum atomic E-state index is 13.7. The molecule has 0 aliphatic carbocycles. The zero-order valence-corrected chi connectivity index (χ0v) is 18.6. The van der Waals surface area contributed by atoms with Crippen molar-refractivity contribution in [2.24, 2.45) is 5.92 Å². The van der Waals surface area contributed by atoms with Crippen LogP contribution in [-0.4, -0.2) is 47.9 Å². The molecule has 1 aromatic heterocycles. The lowest BCUT2D eigenvalue weighted by atomic mass is 9.95. The molecule has 2 aromatic rings. The zero-order chi connectivity index (χ0) is 22.5. The van der Waals surface area contributed by atoms with Crippen molar-refractivity contribution in [3.8, 4) is 0 Å². The van der Waals surface area contributed by atoms with E-state index in [0.29, 0.717) is 43.6 Å². The lowest BCUT2D eigenvalue weighted by molar-refractivity contribution is -0.125. The fraction of sp³-hybridized carbons (Fsp3) is 0.480. The average Bonchev–Trinajstić information content (AvgIpc) is 2.85. The smallest absolute Gasteiger partial charge is 0.257 e. The Morgan fingerprint density at radius 2 is 1.84 bits per heavy atom. The summed E-state index contributed by atoms with van der Waals surface area (Å²) in [7, 11) is 0. The molecule has 1 aromatic carbocycles. The second kappa shape index (κ2) is 10.1. The van der Waals surface area contributed by atoms with Crippen LogP contribution in [0.3, 0.4) is 0 Å². The molecule has 2 aliphatic heterocycles. The number of carbonyl (C=O) groups excluding carboxylic acids is 2. The van der Waals surface area contributed by atoms with Gasteiger partial charge in [0.05, 0.1) is 5.56 Å². The summed E-state index contributed by atoms with van der Waals surface area (Å²) in [6, 6.07) is 8.71. The van der Waals surface area contributed by atoms with Gasteiger partial charge in [0.15, 0.2) is 0 Å². The summed E-state index contributed by atoms with van der Waals surface area (Å²) in [4.78, 5) is 34.3. The number of nitrogens with one attached hydrogen (secondary N) is 1. The van der Waals surface area contributed by atoms with E-state index in [1.807, 2.05) is 23.1 Å². The summed E-state index contributed by atoms with van der Waals surface area (Å²) >= 11 is 0. The molecule has 32 heavy (non-hydrogen) atoms. The highest BCUT2D eigenvalue weighted by atomic mass is 19.1. The first-order valence-electron chi connectivity index (χ1n) is 11.5. The van der Waals surface area contributed by atoms with Crippen molar-refractivity contribution in [3.05, 3.63) is 59.0 Å². The van der Waals surface area contributed by atoms with Crippen LogP contribution < -0.4 is 10.2 Å². The second-order valence-electron chi connectivity index (χ2n) is 8.79. The lowest BCUT2D eigenvalue weighted by Gasteiger charge is -2.34. The van der Waals surface area contributed by atoms with E-state index < -0.39 is 0 Å². The van der Waals surface area contributed by atoms with Gasteiger partial charge in [-0.2, -0.15) is 0 Å². The van der Waals surface area contributed by atoms with E-state index in [1.54, 1.807) is 19.2 Å². The van der Waals surface area contributed by atoms with Crippen molar-refractivity contribution in [2.75, 3.05) is 31.1 Å². The summed E-state index contributed by atoms with van der Waals surface area (Å²) in [5, 5.41) is 2.94. The second-order valence-corrected chi connectivity index (χ2v) is 8.79. The van der Waals surface area contributed by atoms with Crippen LogP contribution in [0.4, 0.5) is 10.2 Å². The Morgan fingerprint density at radius 3 is 2.56 bits per heavy atom.